The van der Waals surface area contributed by atoms with E-state index in [1.807, 2.05) is 24.3 Å². The van der Waals surface area contributed by atoms with Crippen molar-refractivity contribution in [2.24, 2.45) is 0 Å². The Morgan fingerprint density at radius 2 is 2.22 bits per heavy atom. The van der Waals surface area contributed by atoms with E-state index in [0.29, 0.717) is 13.1 Å². The molecule has 0 radical (unpaired) electrons. The van der Waals surface area contributed by atoms with Gasteiger partial charge in [0, 0.05) is 22.3 Å². The maximum atomic E-state index is 11.9. The largest absolute Gasteiger partial charge is 0.375 e. The normalized spacial score (nSPS) is 15.2. The van der Waals surface area contributed by atoms with Crippen LogP contribution in [0.3, 0.4) is 0 Å². The van der Waals surface area contributed by atoms with Gasteiger partial charge >= 0.3 is 0 Å². The molecule has 0 saturated carbocycles. The van der Waals surface area contributed by atoms with Crippen LogP contribution in [0.1, 0.15) is 0 Å². The van der Waals surface area contributed by atoms with Crippen molar-refractivity contribution >= 4 is 40.1 Å². The summed E-state index contributed by atoms with van der Waals surface area (Å²) in [7, 11) is 0. The van der Waals surface area contributed by atoms with Crippen molar-refractivity contribution in [2.75, 3.05) is 31.5 Å². The summed E-state index contributed by atoms with van der Waals surface area (Å²) in [4.78, 5) is 24.7. The first-order valence-electron chi connectivity index (χ1n) is 5.69. The highest BCUT2D eigenvalue weighted by molar-refractivity contribution is 14.1. The number of carbonyl (C=O) groups excluding carboxylic acids is 2. The van der Waals surface area contributed by atoms with E-state index in [-0.39, 0.29) is 24.9 Å². The summed E-state index contributed by atoms with van der Waals surface area (Å²) in [6.07, 6.45) is 0. The van der Waals surface area contributed by atoms with Crippen LogP contribution < -0.4 is 10.6 Å². The molecule has 0 aliphatic carbocycles. The molecular formula is C12H14IN3O2. The number of carbonyl (C=O) groups is 2. The summed E-state index contributed by atoms with van der Waals surface area (Å²) >= 11 is 2.21. The summed E-state index contributed by atoms with van der Waals surface area (Å²) in [6.45, 7) is 1.49. The van der Waals surface area contributed by atoms with Gasteiger partial charge in [0.2, 0.25) is 11.8 Å². The third-order valence-corrected chi connectivity index (χ3v) is 3.64. The minimum atomic E-state index is -0.0936. The van der Waals surface area contributed by atoms with Gasteiger partial charge in [-0.3, -0.25) is 9.59 Å². The number of hydrogen-bond donors (Lipinski definition) is 2. The zero-order valence-electron chi connectivity index (χ0n) is 9.78. The highest BCUT2D eigenvalue weighted by Crippen LogP contribution is 2.16. The zero-order chi connectivity index (χ0) is 13.0. The van der Waals surface area contributed by atoms with E-state index < -0.39 is 0 Å². The third-order valence-electron chi connectivity index (χ3n) is 2.69. The molecule has 2 amide bonds. The first kappa shape index (κ1) is 13.1. The van der Waals surface area contributed by atoms with E-state index in [4.69, 9.17) is 0 Å². The monoisotopic (exact) mass is 359 g/mol. The molecule has 5 nitrogen and oxygen atoms in total. The van der Waals surface area contributed by atoms with Crippen molar-refractivity contribution in [3.8, 4) is 0 Å². The lowest BCUT2D eigenvalue weighted by Crippen LogP contribution is -2.51. The maximum absolute atomic E-state index is 11.9. The smallest absolute Gasteiger partial charge is 0.242 e. The van der Waals surface area contributed by atoms with Gasteiger partial charge in [-0.15, -0.1) is 0 Å². The first-order valence-corrected chi connectivity index (χ1v) is 6.77. The van der Waals surface area contributed by atoms with Crippen LogP contribution in [0.25, 0.3) is 0 Å². The SMILES string of the molecule is O=C1CN(C(=O)CNc2ccccc2I)CCN1. The fraction of sp³-hybridized carbons (Fsp3) is 0.333. The van der Waals surface area contributed by atoms with E-state index in [2.05, 4.69) is 33.2 Å². The third kappa shape index (κ3) is 3.34. The van der Waals surface area contributed by atoms with Crippen LogP contribution in [0, 0.1) is 3.57 Å². The van der Waals surface area contributed by atoms with Gasteiger partial charge in [0.1, 0.15) is 0 Å². The molecule has 96 valence electrons. The van der Waals surface area contributed by atoms with Crippen LogP contribution in [-0.2, 0) is 9.59 Å². The Bertz CT molecular complexity index is 464. The minimum Gasteiger partial charge on any atom is -0.375 e. The predicted octanol–water partition coefficient (Wildman–Crippen LogP) is 0.661. The lowest BCUT2D eigenvalue weighted by atomic mass is 10.3. The lowest BCUT2D eigenvalue weighted by Gasteiger charge is -2.26. The highest BCUT2D eigenvalue weighted by Gasteiger charge is 2.20. The number of nitrogens with one attached hydrogen (secondary N) is 2. The Morgan fingerprint density at radius 1 is 1.44 bits per heavy atom. The molecule has 0 bridgehead atoms. The second-order valence-electron chi connectivity index (χ2n) is 4.00. The molecule has 6 heteroatoms. The average Bonchev–Trinajstić information content (AvgIpc) is 2.37. The summed E-state index contributed by atoms with van der Waals surface area (Å²) < 4.78 is 1.07. The van der Waals surface area contributed by atoms with Crippen molar-refractivity contribution in [1.82, 2.24) is 10.2 Å². The standard InChI is InChI=1S/C12H14IN3O2/c13-9-3-1-2-4-10(9)15-7-12(18)16-6-5-14-11(17)8-16/h1-4,15H,5-8H2,(H,14,17). The van der Waals surface area contributed by atoms with Gasteiger partial charge < -0.3 is 15.5 Å². The molecule has 1 aromatic rings. The molecule has 18 heavy (non-hydrogen) atoms. The van der Waals surface area contributed by atoms with Crippen LogP contribution in [-0.4, -0.2) is 42.9 Å². The molecule has 1 aliphatic rings. The fourth-order valence-electron chi connectivity index (χ4n) is 1.74. The number of amides is 2. The van der Waals surface area contributed by atoms with Crippen molar-refractivity contribution in [3.63, 3.8) is 0 Å². The molecule has 2 rings (SSSR count). The molecule has 0 atom stereocenters. The van der Waals surface area contributed by atoms with Crippen LogP contribution in [0.5, 0.6) is 0 Å². The van der Waals surface area contributed by atoms with Crippen molar-refractivity contribution < 1.29 is 9.59 Å². The van der Waals surface area contributed by atoms with Gasteiger partial charge in [-0.2, -0.15) is 0 Å². The number of benzene rings is 1. The van der Waals surface area contributed by atoms with E-state index in [1.54, 1.807) is 4.90 Å². The van der Waals surface area contributed by atoms with Crippen LogP contribution in [0.15, 0.2) is 24.3 Å². The lowest BCUT2D eigenvalue weighted by molar-refractivity contribution is -0.136. The Balaban J connectivity index is 1.88. The molecular weight excluding hydrogens is 345 g/mol. The van der Waals surface area contributed by atoms with Gasteiger partial charge in [-0.25, -0.2) is 0 Å². The quantitative estimate of drug-likeness (QED) is 0.780. The van der Waals surface area contributed by atoms with Crippen LogP contribution in [0.2, 0.25) is 0 Å². The molecule has 1 aliphatic heterocycles. The summed E-state index contributed by atoms with van der Waals surface area (Å²) in [6, 6.07) is 7.77. The van der Waals surface area contributed by atoms with Gasteiger partial charge in [0.25, 0.3) is 0 Å². The Hall–Kier alpha value is -1.31. The van der Waals surface area contributed by atoms with E-state index in [1.165, 1.54) is 0 Å². The Morgan fingerprint density at radius 3 is 2.94 bits per heavy atom. The molecule has 1 aromatic carbocycles. The molecule has 1 saturated heterocycles. The van der Waals surface area contributed by atoms with Gasteiger partial charge in [0.15, 0.2) is 0 Å². The molecule has 2 N–H and O–H groups in total. The summed E-state index contributed by atoms with van der Waals surface area (Å²) in [5.74, 6) is -0.145. The second kappa shape index (κ2) is 6.03. The molecule has 0 spiro atoms. The van der Waals surface area contributed by atoms with E-state index >= 15 is 0 Å². The van der Waals surface area contributed by atoms with Crippen molar-refractivity contribution in [2.45, 2.75) is 0 Å². The number of halogens is 1. The number of nitrogens with zero attached hydrogens (tertiary/aromatic N) is 1. The second-order valence-corrected chi connectivity index (χ2v) is 5.16. The van der Waals surface area contributed by atoms with E-state index in [0.717, 1.165) is 9.26 Å². The van der Waals surface area contributed by atoms with E-state index in [9.17, 15) is 9.59 Å². The van der Waals surface area contributed by atoms with Gasteiger partial charge in [-0.05, 0) is 34.7 Å². The number of anilines is 1. The molecule has 1 heterocycles. The van der Waals surface area contributed by atoms with Crippen molar-refractivity contribution in [1.29, 1.82) is 0 Å². The topological polar surface area (TPSA) is 61.4 Å². The molecule has 1 fully saturated rings. The van der Waals surface area contributed by atoms with Gasteiger partial charge in [0.05, 0.1) is 13.1 Å². The summed E-state index contributed by atoms with van der Waals surface area (Å²) in [5.41, 5.74) is 0.938. The molecule has 0 unspecified atom stereocenters. The minimum absolute atomic E-state index is 0.0514. The van der Waals surface area contributed by atoms with Crippen LogP contribution in [0.4, 0.5) is 5.69 Å². The average molecular weight is 359 g/mol. The fourth-order valence-corrected chi connectivity index (χ4v) is 2.32. The predicted molar refractivity (Wildman–Crippen MR) is 77.2 cm³/mol. The number of rotatable bonds is 3. The molecule has 0 aromatic heterocycles. The summed E-state index contributed by atoms with van der Waals surface area (Å²) in [5, 5.41) is 5.79. The number of para-hydroxylation sites is 1. The van der Waals surface area contributed by atoms with Gasteiger partial charge in [-0.1, -0.05) is 12.1 Å². The zero-order valence-corrected chi connectivity index (χ0v) is 11.9. The van der Waals surface area contributed by atoms with Crippen molar-refractivity contribution in [3.05, 3.63) is 27.8 Å². The maximum Gasteiger partial charge on any atom is 0.242 e. The number of piperazine rings is 1. The Kier molecular flexibility index (Phi) is 4.40. The van der Waals surface area contributed by atoms with Crippen LogP contribution >= 0.6 is 22.6 Å². The highest BCUT2D eigenvalue weighted by atomic mass is 127. The number of hydrogen-bond acceptors (Lipinski definition) is 3. The Labute approximate surface area is 119 Å². The first-order chi connectivity index (χ1) is 8.66.